The summed E-state index contributed by atoms with van der Waals surface area (Å²) < 4.78 is 1.83. The van der Waals surface area contributed by atoms with E-state index in [1.807, 2.05) is 34.0 Å². The fourth-order valence-electron chi connectivity index (χ4n) is 2.95. The van der Waals surface area contributed by atoms with E-state index in [2.05, 4.69) is 23.9 Å². The first-order valence-electron chi connectivity index (χ1n) is 7.93. The Kier molecular flexibility index (Phi) is 4.22. The van der Waals surface area contributed by atoms with E-state index in [-0.39, 0.29) is 18.0 Å². The van der Waals surface area contributed by atoms with Gasteiger partial charge in [0.15, 0.2) is 0 Å². The van der Waals surface area contributed by atoms with Crippen molar-refractivity contribution in [2.24, 2.45) is 0 Å². The quantitative estimate of drug-likeness (QED) is 0.874. The standard InChI is InChI=1S/C17H22N4O/c1-13(2)21-12-14(11-19-21)17(22)20-10-6-4-8-16(20)15-7-3-5-9-18-15/h3,5,7,9,11-13,16H,4,6,8,10H2,1-2H3/t16-/m1/s1. The van der Waals surface area contributed by atoms with E-state index in [9.17, 15) is 4.79 Å². The SMILES string of the molecule is CC(C)n1cc(C(=O)N2CCCC[C@@H]2c2ccccn2)cn1. The summed E-state index contributed by atoms with van der Waals surface area (Å²) in [6, 6.07) is 6.23. The largest absolute Gasteiger partial charge is 0.330 e. The lowest BCUT2D eigenvalue weighted by Gasteiger charge is -2.35. The average molecular weight is 298 g/mol. The lowest BCUT2D eigenvalue weighted by atomic mass is 9.98. The molecule has 2 aromatic heterocycles. The van der Waals surface area contributed by atoms with Crippen molar-refractivity contribution in [2.45, 2.75) is 45.2 Å². The Morgan fingerprint density at radius 1 is 1.32 bits per heavy atom. The monoisotopic (exact) mass is 298 g/mol. The van der Waals surface area contributed by atoms with Gasteiger partial charge in [0.05, 0.1) is 23.5 Å². The number of hydrogen-bond acceptors (Lipinski definition) is 3. The van der Waals surface area contributed by atoms with Gasteiger partial charge in [0.2, 0.25) is 0 Å². The van der Waals surface area contributed by atoms with Crippen LogP contribution in [0.5, 0.6) is 0 Å². The molecule has 116 valence electrons. The summed E-state index contributed by atoms with van der Waals surface area (Å²) in [5, 5.41) is 4.28. The lowest BCUT2D eigenvalue weighted by Crippen LogP contribution is -2.38. The summed E-state index contributed by atoms with van der Waals surface area (Å²) in [5.74, 6) is 0.0576. The molecule has 1 amide bonds. The Hall–Kier alpha value is -2.17. The molecule has 3 rings (SSSR count). The zero-order chi connectivity index (χ0) is 15.5. The summed E-state index contributed by atoms with van der Waals surface area (Å²) in [6.45, 7) is 4.89. The van der Waals surface area contributed by atoms with E-state index in [4.69, 9.17) is 0 Å². The Morgan fingerprint density at radius 2 is 2.18 bits per heavy atom. The highest BCUT2D eigenvalue weighted by Gasteiger charge is 2.30. The van der Waals surface area contributed by atoms with Gasteiger partial charge in [-0.1, -0.05) is 6.07 Å². The predicted molar refractivity (Wildman–Crippen MR) is 84.5 cm³/mol. The third-order valence-electron chi connectivity index (χ3n) is 4.17. The second-order valence-corrected chi connectivity index (χ2v) is 6.07. The molecule has 1 atom stereocenters. The van der Waals surface area contributed by atoms with Crippen molar-refractivity contribution >= 4 is 5.91 Å². The topological polar surface area (TPSA) is 51.0 Å². The first kappa shape index (κ1) is 14.8. The van der Waals surface area contributed by atoms with Crippen molar-refractivity contribution < 1.29 is 4.79 Å². The Bertz CT molecular complexity index is 635. The number of pyridine rings is 1. The van der Waals surface area contributed by atoms with Gasteiger partial charge in [0.25, 0.3) is 5.91 Å². The molecule has 0 saturated carbocycles. The van der Waals surface area contributed by atoms with Crippen LogP contribution in [0.15, 0.2) is 36.8 Å². The van der Waals surface area contributed by atoms with Gasteiger partial charge >= 0.3 is 0 Å². The van der Waals surface area contributed by atoms with E-state index >= 15 is 0 Å². The Morgan fingerprint density at radius 3 is 2.86 bits per heavy atom. The number of piperidine rings is 1. The normalized spacial score (nSPS) is 18.7. The van der Waals surface area contributed by atoms with Gasteiger partial charge in [-0.2, -0.15) is 5.10 Å². The van der Waals surface area contributed by atoms with Crippen LogP contribution < -0.4 is 0 Å². The maximum atomic E-state index is 12.9. The van der Waals surface area contributed by atoms with Gasteiger partial charge in [0, 0.05) is 25.0 Å². The molecule has 1 aliphatic heterocycles. The smallest absolute Gasteiger partial charge is 0.257 e. The molecular weight excluding hydrogens is 276 g/mol. The van der Waals surface area contributed by atoms with Crippen molar-refractivity contribution in [2.75, 3.05) is 6.54 Å². The van der Waals surface area contributed by atoms with E-state index < -0.39 is 0 Å². The third-order valence-corrected chi connectivity index (χ3v) is 4.17. The van der Waals surface area contributed by atoms with Gasteiger partial charge in [-0.05, 0) is 45.2 Å². The number of amides is 1. The number of carbonyl (C=O) groups is 1. The first-order valence-corrected chi connectivity index (χ1v) is 7.93. The number of carbonyl (C=O) groups excluding carboxylic acids is 1. The zero-order valence-corrected chi connectivity index (χ0v) is 13.1. The van der Waals surface area contributed by atoms with E-state index in [1.165, 1.54) is 0 Å². The second-order valence-electron chi connectivity index (χ2n) is 6.07. The van der Waals surface area contributed by atoms with Gasteiger partial charge in [-0.3, -0.25) is 14.5 Å². The van der Waals surface area contributed by atoms with Crippen molar-refractivity contribution in [3.8, 4) is 0 Å². The molecule has 0 spiro atoms. The lowest BCUT2D eigenvalue weighted by molar-refractivity contribution is 0.0606. The van der Waals surface area contributed by atoms with Crippen molar-refractivity contribution in [1.82, 2.24) is 19.7 Å². The van der Waals surface area contributed by atoms with Crippen LogP contribution in [0.4, 0.5) is 0 Å². The molecule has 0 bridgehead atoms. The number of likely N-dealkylation sites (tertiary alicyclic amines) is 1. The van der Waals surface area contributed by atoms with Gasteiger partial charge in [-0.25, -0.2) is 0 Å². The fourth-order valence-corrected chi connectivity index (χ4v) is 2.95. The van der Waals surface area contributed by atoms with Crippen LogP contribution >= 0.6 is 0 Å². The highest BCUT2D eigenvalue weighted by Crippen LogP contribution is 2.30. The molecule has 5 heteroatoms. The molecule has 5 nitrogen and oxygen atoms in total. The molecular formula is C17H22N4O. The first-order chi connectivity index (χ1) is 10.7. The maximum absolute atomic E-state index is 12.9. The molecule has 0 N–H and O–H groups in total. The van der Waals surface area contributed by atoms with Crippen LogP contribution in [0, 0.1) is 0 Å². The van der Waals surface area contributed by atoms with Gasteiger partial charge < -0.3 is 4.90 Å². The predicted octanol–water partition coefficient (Wildman–Crippen LogP) is 3.23. The summed E-state index contributed by atoms with van der Waals surface area (Å²) in [4.78, 5) is 19.3. The van der Waals surface area contributed by atoms with Crippen LogP contribution in [-0.2, 0) is 0 Å². The molecule has 1 fully saturated rings. The molecule has 0 aliphatic carbocycles. The van der Waals surface area contributed by atoms with Crippen LogP contribution in [0.3, 0.4) is 0 Å². The molecule has 22 heavy (non-hydrogen) atoms. The minimum absolute atomic E-state index is 0.0576. The summed E-state index contributed by atoms with van der Waals surface area (Å²) in [5.41, 5.74) is 1.64. The Balaban J connectivity index is 1.85. The van der Waals surface area contributed by atoms with Crippen LogP contribution in [0.1, 0.15) is 61.2 Å². The number of nitrogens with zero attached hydrogens (tertiary/aromatic N) is 4. The van der Waals surface area contributed by atoms with Crippen LogP contribution in [-0.4, -0.2) is 32.1 Å². The molecule has 0 unspecified atom stereocenters. The fraction of sp³-hybridized carbons (Fsp3) is 0.471. The summed E-state index contributed by atoms with van der Waals surface area (Å²) in [7, 11) is 0. The maximum Gasteiger partial charge on any atom is 0.257 e. The molecule has 2 aromatic rings. The highest BCUT2D eigenvalue weighted by atomic mass is 16.2. The van der Waals surface area contributed by atoms with Crippen molar-refractivity contribution in [3.63, 3.8) is 0 Å². The van der Waals surface area contributed by atoms with Crippen molar-refractivity contribution in [1.29, 1.82) is 0 Å². The third kappa shape index (κ3) is 2.89. The van der Waals surface area contributed by atoms with Crippen LogP contribution in [0.2, 0.25) is 0 Å². The van der Waals surface area contributed by atoms with Crippen molar-refractivity contribution in [3.05, 3.63) is 48.0 Å². The number of rotatable bonds is 3. The zero-order valence-electron chi connectivity index (χ0n) is 13.1. The van der Waals surface area contributed by atoms with Crippen LogP contribution in [0.25, 0.3) is 0 Å². The summed E-state index contributed by atoms with van der Waals surface area (Å²) >= 11 is 0. The van der Waals surface area contributed by atoms with E-state index in [0.29, 0.717) is 5.56 Å². The molecule has 1 saturated heterocycles. The Labute approximate surface area is 131 Å². The number of aromatic nitrogens is 3. The van der Waals surface area contributed by atoms with E-state index in [1.54, 1.807) is 12.4 Å². The summed E-state index contributed by atoms with van der Waals surface area (Å²) in [6.07, 6.45) is 8.47. The second kappa shape index (κ2) is 6.30. The van der Waals surface area contributed by atoms with Gasteiger partial charge in [0.1, 0.15) is 0 Å². The molecule has 3 heterocycles. The minimum atomic E-state index is 0.0576. The molecule has 1 aliphatic rings. The minimum Gasteiger partial charge on any atom is -0.330 e. The molecule has 0 radical (unpaired) electrons. The number of hydrogen-bond donors (Lipinski definition) is 0. The molecule has 0 aromatic carbocycles. The average Bonchev–Trinajstić information content (AvgIpc) is 3.05. The highest BCUT2D eigenvalue weighted by molar-refractivity contribution is 5.94. The van der Waals surface area contributed by atoms with E-state index in [0.717, 1.165) is 31.5 Å². The van der Waals surface area contributed by atoms with Gasteiger partial charge in [-0.15, -0.1) is 0 Å².